The minimum Gasteiger partial charge on any atom is -0.322 e. The third-order valence-corrected chi connectivity index (χ3v) is 5.95. The number of nitrogens with one attached hydrogen (secondary N) is 1. The largest absolute Gasteiger partial charge is 0.322 e. The molecule has 1 N–H and O–H groups in total. The van der Waals surface area contributed by atoms with Gasteiger partial charge in [-0.15, -0.1) is 0 Å². The molecule has 0 aliphatic carbocycles. The van der Waals surface area contributed by atoms with Crippen LogP contribution < -0.4 is 5.32 Å². The van der Waals surface area contributed by atoms with Crippen LogP contribution in [-0.4, -0.2) is 32.2 Å². The van der Waals surface area contributed by atoms with Crippen molar-refractivity contribution in [3.8, 4) is 0 Å². The highest BCUT2D eigenvalue weighted by Crippen LogP contribution is 2.21. The molecule has 140 valence electrons. The highest BCUT2D eigenvalue weighted by atomic mass is 35.5. The number of rotatable bonds is 7. The van der Waals surface area contributed by atoms with E-state index >= 15 is 0 Å². The number of carbonyl (C=O) groups excluding carboxylic acids is 1. The molecule has 0 heterocycles. The molecule has 0 unspecified atom stereocenters. The number of amides is 1. The first-order valence-corrected chi connectivity index (χ1v) is 9.90. The van der Waals surface area contributed by atoms with Crippen molar-refractivity contribution in [3.63, 3.8) is 0 Å². The first-order chi connectivity index (χ1) is 12.3. The lowest BCUT2D eigenvalue weighted by atomic mass is 10.2. The van der Waals surface area contributed by atoms with Gasteiger partial charge in [-0.3, -0.25) is 4.79 Å². The molecule has 26 heavy (non-hydrogen) atoms. The number of hydrogen-bond donors (Lipinski definition) is 1. The predicted molar refractivity (Wildman–Crippen MR) is 101 cm³/mol. The van der Waals surface area contributed by atoms with E-state index in [1.807, 2.05) is 6.92 Å². The standard InChI is InChI=1S/C18H20ClFN2O3S/c1-3-4-10-22(2)26(24,25)15-7-5-6-13(11-15)18(23)21-14-8-9-17(20)16(19)12-14/h5-9,11-12H,3-4,10H2,1-2H3,(H,21,23). The van der Waals surface area contributed by atoms with Crippen LogP contribution in [0.15, 0.2) is 47.4 Å². The SMILES string of the molecule is CCCCN(C)S(=O)(=O)c1cccc(C(=O)Nc2ccc(F)c(Cl)c2)c1. The van der Waals surface area contributed by atoms with Gasteiger partial charge in [0.25, 0.3) is 5.91 Å². The summed E-state index contributed by atoms with van der Waals surface area (Å²) in [5.74, 6) is -1.10. The van der Waals surface area contributed by atoms with Gasteiger partial charge in [-0.2, -0.15) is 0 Å². The summed E-state index contributed by atoms with van der Waals surface area (Å²) in [7, 11) is -2.16. The molecule has 0 saturated heterocycles. The zero-order valence-corrected chi connectivity index (χ0v) is 16.1. The zero-order chi connectivity index (χ0) is 19.3. The van der Waals surface area contributed by atoms with E-state index in [4.69, 9.17) is 11.6 Å². The second kappa shape index (κ2) is 8.62. The average Bonchev–Trinajstić information content (AvgIpc) is 2.62. The Morgan fingerprint density at radius 2 is 1.96 bits per heavy atom. The molecule has 0 fully saturated rings. The minimum absolute atomic E-state index is 0.0425. The van der Waals surface area contributed by atoms with E-state index in [-0.39, 0.29) is 15.5 Å². The summed E-state index contributed by atoms with van der Waals surface area (Å²) in [5.41, 5.74) is 0.491. The first-order valence-electron chi connectivity index (χ1n) is 8.08. The molecule has 0 atom stereocenters. The monoisotopic (exact) mass is 398 g/mol. The van der Waals surface area contributed by atoms with Crippen LogP contribution in [0.2, 0.25) is 5.02 Å². The molecule has 2 rings (SSSR count). The third-order valence-electron chi connectivity index (χ3n) is 3.81. The summed E-state index contributed by atoms with van der Waals surface area (Å²) in [4.78, 5) is 12.4. The summed E-state index contributed by atoms with van der Waals surface area (Å²) < 4.78 is 39.6. The van der Waals surface area contributed by atoms with Gasteiger partial charge in [0.2, 0.25) is 10.0 Å². The van der Waals surface area contributed by atoms with Crippen molar-refractivity contribution in [2.24, 2.45) is 0 Å². The Kier molecular flexibility index (Phi) is 6.75. The molecule has 0 aliphatic heterocycles. The van der Waals surface area contributed by atoms with Gasteiger partial charge >= 0.3 is 0 Å². The van der Waals surface area contributed by atoms with Crippen molar-refractivity contribution in [2.45, 2.75) is 24.7 Å². The number of benzene rings is 2. The number of halogens is 2. The molecular weight excluding hydrogens is 379 g/mol. The Labute approximate surface area is 157 Å². The second-order valence-electron chi connectivity index (χ2n) is 5.79. The molecule has 5 nitrogen and oxygen atoms in total. The highest BCUT2D eigenvalue weighted by Gasteiger charge is 2.21. The van der Waals surface area contributed by atoms with Crippen LogP contribution in [0.4, 0.5) is 10.1 Å². The van der Waals surface area contributed by atoms with Gasteiger partial charge in [0.05, 0.1) is 9.92 Å². The molecule has 0 radical (unpaired) electrons. The van der Waals surface area contributed by atoms with E-state index < -0.39 is 21.7 Å². The maximum Gasteiger partial charge on any atom is 0.255 e. The number of nitrogens with zero attached hydrogens (tertiary/aromatic N) is 1. The Morgan fingerprint density at radius 1 is 1.23 bits per heavy atom. The van der Waals surface area contributed by atoms with Gasteiger partial charge in [-0.05, 0) is 42.8 Å². The lowest BCUT2D eigenvalue weighted by molar-refractivity contribution is 0.102. The van der Waals surface area contributed by atoms with Crippen molar-refractivity contribution in [1.29, 1.82) is 0 Å². The molecule has 0 saturated carbocycles. The van der Waals surface area contributed by atoms with Crippen molar-refractivity contribution < 1.29 is 17.6 Å². The first kappa shape index (κ1) is 20.4. The fourth-order valence-corrected chi connectivity index (χ4v) is 3.69. The summed E-state index contributed by atoms with van der Waals surface area (Å²) in [6.07, 6.45) is 1.63. The average molecular weight is 399 g/mol. The molecule has 2 aromatic rings. The predicted octanol–water partition coefficient (Wildman–Crippen LogP) is 4.15. The van der Waals surface area contributed by atoms with Crippen LogP contribution in [0.1, 0.15) is 30.1 Å². The molecule has 1 amide bonds. The van der Waals surface area contributed by atoms with Gasteiger partial charge in [0.15, 0.2) is 0 Å². The fraction of sp³-hybridized carbons (Fsp3) is 0.278. The Bertz CT molecular complexity index is 903. The van der Waals surface area contributed by atoms with E-state index in [1.165, 1.54) is 47.8 Å². The third kappa shape index (κ3) is 4.81. The van der Waals surface area contributed by atoms with Gasteiger partial charge in [-0.1, -0.05) is 31.0 Å². The lowest BCUT2D eigenvalue weighted by Crippen LogP contribution is -2.28. The Morgan fingerprint density at radius 3 is 2.62 bits per heavy atom. The molecule has 0 spiro atoms. The number of hydrogen-bond acceptors (Lipinski definition) is 3. The molecule has 0 aliphatic rings. The molecular formula is C18H20ClFN2O3S. The number of anilines is 1. The van der Waals surface area contributed by atoms with Gasteiger partial charge < -0.3 is 5.32 Å². The molecule has 2 aromatic carbocycles. The van der Waals surface area contributed by atoms with Crippen molar-refractivity contribution in [1.82, 2.24) is 4.31 Å². The maximum absolute atomic E-state index is 13.2. The van der Waals surface area contributed by atoms with Gasteiger partial charge in [-0.25, -0.2) is 17.1 Å². The second-order valence-corrected chi connectivity index (χ2v) is 8.24. The van der Waals surface area contributed by atoms with Crippen molar-refractivity contribution in [3.05, 3.63) is 58.9 Å². The summed E-state index contributed by atoms with van der Waals surface area (Å²) >= 11 is 5.69. The lowest BCUT2D eigenvalue weighted by Gasteiger charge is -2.17. The van der Waals surface area contributed by atoms with E-state index in [0.717, 1.165) is 18.9 Å². The van der Waals surface area contributed by atoms with Crippen molar-refractivity contribution in [2.75, 3.05) is 18.9 Å². The van der Waals surface area contributed by atoms with Crippen molar-refractivity contribution >= 4 is 33.2 Å². The topological polar surface area (TPSA) is 66.5 Å². The quantitative estimate of drug-likeness (QED) is 0.761. The minimum atomic E-state index is -3.67. The summed E-state index contributed by atoms with van der Waals surface area (Å²) in [6, 6.07) is 9.58. The molecule has 0 bridgehead atoms. The van der Waals surface area contributed by atoms with Crippen LogP contribution in [0, 0.1) is 5.82 Å². The van der Waals surface area contributed by atoms with Gasteiger partial charge in [0.1, 0.15) is 5.82 Å². The van der Waals surface area contributed by atoms with Crippen LogP contribution >= 0.6 is 11.6 Å². The number of sulfonamides is 1. The van der Waals surface area contributed by atoms with E-state index in [2.05, 4.69) is 5.32 Å². The summed E-state index contributed by atoms with van der Waals surface area (Å²) in [6.45, 7) is 2.39. The Balaban J connectivity index is 2.22. The Hall–Kier alpha value is -1.96. The zero-order valence-electron chi connectivity index (χ0n) is 14.5. The number of carbonyl (C=O) groups is 1. The highest BCUT2D eigenvalue weighted by molar-refractivity contribution is 7.89. The van der Waals surface area contributed by atoms with E-state index in [0.29, 0.717) is 12.2 Å². The van der Waals surface area contributed by atoms with E-state index in [9.17, 15) is 17.6 Å². The summed E-state index contributed by atoms with van der Waals surface area (Å²) in [5, 5.41) is 2.46. The molecule has 0 aromatic heterocycles. The van der Waals surface area contributed by atoms with Crippen LogP contribution in [0.3, 0.4) is 0 Å². The number of unbranched alkanes of at least 4 members (excludes halogenated alkanes) is 1. The van der Waals surface area contributed by atoms with Crippen LogP contribution in [0.25, 0.3) is 0 Å². The van der Waals surface area contributed by atoms with Crippen LogP contribution in [0.5, 0.6) is 0 Å². The van der Waals surface area contributed by atoms with E-state index in [1.54, 1.807) is 0 Å². The fourth-order valence-electron chi connectivity index (χ4n) is 2.26. The van der Waals surface area contributed by atoms with Crippen LogP contribution in [-0.2, 0) is 10.0 Å². The van der Waals surface area contributed by atoms with Gasteiger partial charge in [0, 0.05) is 24.8 Å². The smallest absolute Gasteiger partial charge is 0.255 e. The maximum atomic E-state index is 13.2. The normalized spacial score (nSPS) is 11.6. The molecule has 8 heteroatoms.